The van der Waals surface area contributed by atoms with Gasteiger partial charge in [0.1, 0.15) is 11.5 Å². The Morgan fingerprint density at radius 3 is 2.58 bits per heavy atom. The smallest absolute Gasteiger partial charge is 0.123 e. The van der Waals surface area contributed by atoms with Gasteiger partial charge < -0.3 is 9.47 Å². The van der Waals surface area contributed by atoms with Crippen molar-refractivity contribution in [1.82, 2.24) is 0 Å². The molecule has 1 rings (SSSR count). The molecule has 0 bridgehead atoms. The molecule has 0 aliphatic rings. The van der Waals surface area contributed by atoms with E-state index in [2.05, 4.69) is 19.2 Å². The summed E-state index contributed by atoms with van der Waals surface area (Å²) < 4.78 is 11.4. The van der Waals surface area contributed by atoms with Gasteiger partial charge in [-0.05, 0) is 49.4 Å². The molecule has 19 heavy (non-hydrogen) atoms. The molecular formula is C16H22O2S. The Kier molecular flexibility index (Phi) is 6.57. The second-order valence-electron chi connectivity index (χ2n) is 4.65. The van der Waals surface area contributed by atoms with Gasteiger partial charge in [0.15, 0.2) is 0 Å². The van der Waals surface area contributed by atoms with E-state index in [9.17, 15) is 0 Å². The molecule has 0 saturated heterocycles. The highest BCUT2D eigenvalue weighted by Gasteiger charge is 2.03. The van der Waals surface area contributed by atoms with Crippen LogP contribution in [0.3, 0.4) is 0 Å². The molecule has 0 aliphatic carbocycles. The summed E-state index contributed by atoms with van der Waals surface area (Å²) in [6, 6.07) is 5.94. The van der Waals surface area contributed by atoms with Crippen LogP contribution in [0.5, 0.6) is 11.5 Å². The Hall–Kier alpha value is -1.35. The van der Waals surface area contributed by atoms with Gasteiger partial charge in [-0.3, -0.25) is 0 Å². The summed E-state index contributed by atoms with van der Waals surface area (Å²) in [7, 11) is 0. The van der Waals surface area contributed by atoms with Crippen molar-refractivity contribution < 1.29 is 9.47 Å². The minimum Gasteiger partial charge on any atom is -0.493 e. The number of aryl methyl sites for hydroxylation is 1. The van der Waals surface area contributed by atoms with Crippen LogP contribution in [0.25, 0.3) is 0 Å². The third kappa shape index (κ3) is 5.88. The zero-order valence-electron chi connectivity index (χ0n) is 11.8. The first-order valence-corrected chi connectivity index (χ1v) is 6.93. The van der Waals surface area contributed by atoms with Crippen molar-refractivity contribution in [3.63, 3.8) is 0 Å². The normalized spacial score (nSPS) is 11.5. The van der Waals surface area contributed by atoms with E-state index < -0.39 is 0 Å². The third-order valence-electron chi connectivity index (χ3n) is 2.48. The van der Waals surface area contributed by atoms with E-state index in [1.54, 1.807) is 11.5 Å². The van der Waals surface area contributed by atoms with Gasteiger partial charge in [0.05, 0.1) is 12.7 Å². The number of hydrogen-bond donors (Lipinski definition) is 1. The molecule has 0 radical (unpaired) electrons. The maximum Gasteiger partial charge on any atom is 0.123 e. The summed E-state index contributed by atoms with van der Waals surface area (Å²) in [6.07, 6.45) is 2.75. The molecule has 0 unspecified atom stereocenters. The van der Waals surface area contributed by atoms with E-state index in [1.807, 2.05) is 39.0 Å². The van der Waals surface area contributed by atoms with Crippen LogP contribution < -0.4 is 9.47 Å². The average molecular weight is 278 g/mol. The summed E-state index contributed by atoms with van der Waals surface area (Å²) in [4.78, 5) is 0. The molecule has 1 aromatic carbocycles. The lowest BCUT2D eigenvalue weighted by atomic mass is 10.2. The summed E-state index contributed by atoms with van der Waals surface area (Å²) in [5, 5.41) is 1.75. The molecule has 2 nitrogen and oxygen atoms in total. The number of benzene rings is 1. The van der Waals surface area contributed by atoms with Gasteiger partial charge in [0.25, 0.3) is 0 Å². The number of thiol groups is 1. The maximum atomic E-state index is 5.74. The van der Waals surface area contributed by atoms with Crippen LogP contribution in [-0.4, -0.2) is 12.7 Å². The summed E-state index contributed by atoms with van der Waals surface area (Å²) in [6.45, 7) is 10.4. The fraction of sp³-hybridized carbons (Fsp3) is 0.375. The maximum absolute atomic E-state index is 5.74. The number of rotatable bonds is 7. The second kappa shape index (κ2) is 7.95. The standard InChI is InChI=1S/C16H22O2S/c1-5-14(11-19)6-7-17-15-8-13(4)9-16(10-15)18-12(2)3/h5,8-12,19H,1,6-7H2,2-4H3/b14-11+. The van der Waals surface area contributed by atoms with Crippen molar-refractivity contribution in [2.45, 2.75) is 33.3 Å². The van der Waals surface area contributed by atoms with Crippen LogP contribution in [0, 0.1) is 6.92 Å². The lowest BCUT2D eigenvalue weighted by Gasteiger charge is -2.13. The van der Waals surface area contributed by atoms with E-state index >= 15 is 0 Å². The zero-order chi connectivity index (χ0) is 14.3. The lowest BCUT2D eigenvalue weighted by Crippen LogP contribution is -2.06. The largest absolute Gasteiger partial charge is 0.493 e. The molecule has 0 heterocycles. The summed E-state index contributed by atoms with van der Waals surface area (Å²) in [5.41, 5.74) is 2.19. The van der Waals surface area contributed by atoms with Crippen LogP contribution >= 0.6 is 12.6 Å². The van der Waals surface area contributed by atoms with Crippen molar-refractivity contribution in [2.24, 2.45) is 0 Å². The Bertz CT molecular complexity index is 450. The Balaban J connectivity index is 2.63. The third-order valence-corrected chi connectivity index (χ3v) is 2.82. The minimum atomic E-state index is 0.161. The molecular weight excluding hydrogens is 256 g/mol. The van der Waals surface area contributed by atoms with Crippen molar-refractivity contribution in [2.75, 3.05) is 6.61 Å². The Morgan fingerprint density at radius 2 is 2.00 bits per heavy atom. The second-order valence-corrected chi connectivity index (χ2v) is 4.91. The number of ether oxygens (including phenoxy) is 2. The first-order valence-electron chi connectivity index (χ1n) is 6.42. The first-order chi connectivity index (χ1) is 9.05. The van der Waals surface area contributed by atoms with Crippen LogP contribution in [0.15, 0.2) is 41.8 Å². The van der Waals surface area contributed by atoms with Crippen LogP contribution in [-0.2, 0) is 0 Å². The number of hydrogen-bond acceptors (Lipinski definition) is 3. The molecule has 0 spiro atoms. The molecule has 104 valence electrons. The molecule has 0 N–H and O–H groups in total. The van der Waals surface area contributed by atoms with Crippen LogP contribution in [0.2, 0.25) is 0 Å². The highest BCUT2D eigenvalue weighted by Crippen LogP contribution is 2.23. The molecule has 0 fully saturated rings. The van der Waals surface area contributed by atoms with Crippen molar-refractivity contribution >= 4 is 12.6 Å². The Morgan fingerprint density at radius 1 is 1.32 bits per heavy atom. The summed E-state index contributed by atoms with van der Waals surface area (Å²) >= 11 is 4.12. The summed E-state index contributed by atoms with van der Waals surface area (Å²) in [5.74, 6) is 1.68. The highest BCUT2D eigenvalue weighted by molar-refractivity contribution is 7.83. The first kappa shape index (κ1) is 15.7. The predicted octanol–water partition coefficient (Wildman–Crippen LogP) is 4.55. The molecule has 0 saturated carbocycles. The molecule has 0 amide bonds. The predicted molar refractivity (Wildman–Crippen MR) is 84.3 cm³/mol. The minimum absolute atomic E-state index is 0.161. The van der Waals surface area contributed by atoms with E-state index in [-0.39, 0.29) is 6.10 Å². The van der Waals surface area contributed by atoms with Gasteiger partial charge in [0.2, 0.25) is 0 Å². The van der Waals surface area contributed by atoms with E-state index in [0.29, 0.717) is 6.61 Å². The SMILES string of the molecule is C=C/C(=C\S)CCOc1cc(C)cc(OC(C)C)c1. The van der Waals surface area contributed by atoms with Gasteiger partial charge in [0, 0.05) is 12.5 Å². The fourth-order valence-corrected chi connectivity index (χ4v) is 1.88. The van der Waals surface area contributed by atoms with Crippen LogP contribution in [0.4, 0.5) is 0 Å². The van der Waals surface area contributed by atoms with Gasteiger partial charge in [-0.2, -0.15) is 12.6 Å². The van der Waals surface area contributed by atoms with Crippen molar-refractivity contribution in [1.29, 1.82) is 0 Å². The van der Waals surface area contributed by atoms with Gasteiger partial charge in [-0.1, -0.05) is 12.7 Å². The number of allylic oxidation sites excluding steroid dienone is 1. The molecule has 1 aromatic rings. The molecule has 3 heteroatoms. The zero-order valence-corrected chi connectivity index (χ0v) is 12.7. The lowest BCUT2D eigenvalue weighted by molar-refractivity contribution is 0.240. The highest BCUT2D eigenvalue weighted by atomic mass is 32.1. The Labute approximate surface area is 121 Å². The van der Waals surface area contributed by atoms with E-state index in [4.69, 9.17) is 9.47 Å². The van der Waals surface area contributed by atoms with Crippen molar-refractivity contribution in [3.05, 3.63) is 47.4 Å². The molecule has 0 aromatic heterocycles. The van der Waals surface area contributed by atoms with Gasteiger partial charge >= 0.3 is 0 Å². The van der Waals surface area contributed by atoms with E-state index in [1.165, 1.54) is 0 Å². The van der Waals surface area contributed by atoms with Crippen molar-refractivity contribution in [3.8, 4) is 11.5 Å². The molecule has 0 atom stereocenters. The van der Waals surface area contributed by atoms with Gasteiger partial charge in [-0.15, -0.1) is 0 Å². The fourth-order valence-electron chi connectivity index (χ4n) is 1.64. The topological polar surface area (TPSA) is 18.5 Å². The van der Waals surface area contributed by atoms with Crippen LogP contribution in [0.1, 0.15) is 25.8 Å². The van der Waals surface area contributed by atoms with E-state index in [0.717, 1.165) is 29.1 Å². The van der Waals surface area contributed by atoms with Gasteiger partial charge in [-0.25, -0.2) is 0 Å². The quantitative estimate of drug-likeness (QED) is 0.582. The monoisotopic (exact) mass is 278 g/mol. The molecule has 0 aliphatic heterocycles. The average Bonchev–Trinajstić information content (AvgIpc) is 2.33.